The van der Waals surface area contributed by atoms with Crippen molar-refractivity contribution in [1.29, 1.82) is 0 Å². The number of hydrogen-bond donors (Lipinski definition) is 2. The van der Waals surface area contributed by atoms with Gasteiger partial charge in [-0.1, -0.05) is 24.1 Å². The zero-order chi connectivity index (χ0) is 18.9. The van der Waals surface area contributed by atoms with E-state index in [9.17, 15) is 9.59 Å². The summed E-state index contributed by atoms with van der Waals surface area (Å²) < 4.78 is 10.9. The van der Waals surface area contributed by atoms with E-state index in [1.165, 1.54) is 0 Å². The molecule has 2 amide bonds. The fraction of sp³-hybridized carbons (Fsp3) is 0.444. The third-order valence-corrected chi connectivity index (χ3v) is 3.75. The Kier molecular flexibility index (Phi) is 7.13. The van der Waals surface area contributed by atoms with E-state index in [4.69, 9.17) is 14.9 Å². The summed E-state index contributed by atoms with van der Waals surface area (Å²) in [6.45, 7) is 4.20. The smallest absolute Gasteiger partial charge is 0.312 e. The Labute approximate surface area is 152 Å². The van der Waals surface area contributed by atoms with Gasteiger partial charge in [0.1, 0.15) is 0 Å². The van der Waals surface area contributed by atoms with Crippen molar-refractivity contribution < 1.29 is 18.7 Å². The van der Waals surface area contributed by atoms with Crippen molar-refractivity contribution in [3.63, 3.8) is 0 Å². The predicted octanol–water partition coefficient (Wildman–Crippen LogP) is 2.88. The number of unbranched alkanes of at least 4 members (excludes halogenated alkanes) is 2. The number of rotatable bonds is 9. The minimum Gasteiger partial charge on any atom is -0.453 e. The topological polar surface area (TPSA) is 120 Å². The summed E-state index contributed by atoms with van der Waals surface area (Å²) in [5.41, 5.74) is 6.92. The summed E-state index contributed by atoms with van der Waals surface area (Å²) in [6.07, 6.45) is 1.91. The van der Waals surface area contributed by atoms with Crippen molar-refractivity contribution in [3.05, 3.63) is 35.7 Å². The van der Waals surface area contributed by atoms with Gasteiger partial charge >= 0.3 is 12.0 Å². The molecule has 0 saturated heterocycles. The lowest BCUT2D eigenvalue weighted by atomic mass is 10.1. The van der Waals surface area contributed by atoms with E-state index in [2.05, 4.69) is 15.5 Å². The summed E-state index contributed by atoms with van der Waals surface area (Å²) in [6, 6.07) is 7.18. The lowest BCUT2D eigenvalue weighted by Crippen LogP contribution is -2.29. The van der Waals surface area contributed by atoms with E-state index in [1.807, 2.05) is 31.2 Å². The molecule has 0 fully saturated rings. The van der Waals surface area contributed by atoms with Gasteiger partial charge in [0.25, 0.3) is 5.89 Å². The first-order valence-corrected chi connectivity index (χ1v) is 8.59. The van der Waals surface area contributed by atoms with Crippen LogP contribution in [0.3, 0.4) is 0 Å². The Hall–Kier alpha value is -2.90. The molecule has 140 valence electrons. The monoisotopic (exact) mass is 360 g/mol. The molecule has 0 saturated carbocycles. The zero-order valence-electron chi connectivity index (χ0n) is 15.0. The number of hydrogen-bond acceptors (Lipinski definition) is 6. The van der Waals surface area contributed by atoms with Crippen LogP contribution in [-0.2, 0) is 9.53 Å². The number of benzene rings is 1. The highest BCUT2D eigenvalue weighted by molar-refractivity contribution is 5.71. The lowest BCUT2D eigenvalue weighted by molar-refractivity contribution is -0.149. The first-order valence-electron chi connectivity index (χ1n) is 8.59. The highest BCUT2D eigenvalue weighted by Crippen LogP contribution is 2.23. The molecule has 0 radical (unpaired) electrons. The molecule has 1 atom stereocenters. The van der Waals surface area contributed by atoms with Crippen LogP contribution in [0.5, 0.6) is 0 Å². The fourth-order valence-electron chi connectivity index (χ4n) is 2.30. The van der Waals surface area contributed by atoms with Crippen LogP contribution in [0.25, 0.3) is 11.5 Å². The average Bonchev–Trinajstić information content (AvgIpc) is 3.08. The molecule has 2 rings (SSSR count). The van der Waals surface area contributed by atoms with Crippen LogP contribution in [0.15, 0.2) is 28.7 Å². The van der Waals surface area contributed by atoms with Crippen LogP contribution in [0, 0.1) is 6.92 Å². The van der Waals surface area contributed by atoms with Gasteiger partial charge in [0.05, 0.1) is 0 Å². The van der Waals surface area contributed by atoms with Crippen LogP contribution in [-0.4, -0.2) is 28.7 Å². The molecule has 1 aromatic heterocycles. The van der Waals surface area contributed by atoms with Gasteiger partial charge in [-0.15, -0.1) is 10.2 Å². The number of aryl methyl sites for hydroxylation is 1. The van der Waals surface area contributed by atoms with Crippen molar-refractivity contribution in [1.82, 2.24) is 15.5 Å². The van der Waals surface area contributed by atoms with E-state index in [0.29, 0.717) is 25.3 Å². The minimum atomic E-state index is -0.606. The molecule has 1 heterocycles. The van der Waals surface area contributed by atoms with Gasteiger partial charge in [0.15, 0.2) is 6.10 Å². The second kappa shape index (κ2) is 9.55. The van der Waals surface area contributed by atoms with Crippen molar-refractivity contribution >= 4 is 12.0 Å². The van der Waals surface area contributed by atoms with Crippen LogP contribution in [0.4, 0.5) is 4.79 Å². The number of primary amides is 1. The molecule has 0 spiro atoms. The highest BCUT2D eigenvalue weighted by Gasteiger charge is 2.18. The maximum atomic E-state index is 11.9. The molecular weight excluding hydrogens is 336 g/mol. The molecule has 3 N–H and O–H groups in total. The van der Waals surface area contributed by atoms with Gasteiger partial charge in [0, 0.05) is 18.5 Å². The van der Waals surface area contributed by atoms with Gasteiger partial charge in [-0.25, -0.2) is 4.79 Å². The molecule has 1 aromatic carbocycles. The lowest BCUT2D eigenvalue weighted by Gasteiger charge is -2.09. The standard InChI is InChI=1S/C18H24N4O4/c1-12-7-9-14(10-8-12)17-22-21-16(26-17)13(2)25-15(23)6-4-3-5-11-20-18(19)24/h7-10,13H,3-6,11H2,1-2H3,(H3,19,20,24)/t13-/m0/s1. The number of amides is 2. The number of ether oxygens (including phenoxy) is 1. The number of aromatic nitrogens is 2. The third kappa shape index (κ3) is 6.19. The molecule has 2 aromatic rings. The van der Waals surface area contributed by atoms with E-state index < -0.39 is 12.1 Å². The molecule has 0 aliphatic carbocycles. The van der Waals surface area contributed by atoms with Crippen molar-refractivity contribution in [3.8, 4) is 11.5 Å². The highest BCUT2D eigenvalue weighted by atomic mass is 16.6. The molecule has 0 unspecified atom stereocenters. The van der Waals surface area contributed by atoms with Crippen LogP contribution < -0.4 is 11.1 Å². The zero-order valence-corrected chi connectivity index (χ0v) is 15.0. The van der Waals surface area contributed by atoms with Crippen LogP contribution in [0.1, 0.15) is 50.2 Å². The molecule has 0 aliphatic heterocycles. The number of nitrogens with zero attached hydrogens (tertiary/aromatic N) is 2. The Morgan fingerprint density at radius 3 is 2.62 bits per heavy atom. The Bertz CT molecular complexity index is 727. The molecular formula is C18H24N4O4. The van der Waals surface area contributed by atoms with Gasteiger partial charge in [-0.05, 0) is 38.8 Å². The van der Waals surface area contributed by atoms with Gasteiger partial charge in [0.2, 0.25) is 5.89 Å². The largest absolute Gasteiger partial charge is 0.453 e. The maximum Gasteiger partial charge on any atom is 0.312 e. The Morgan fingerprint density at radius 2 is 1.92 bits per heavy atom. The number of carbonyl (C=O) groups excluding carboxylic acids is 2. The second-order valence-electron chi connectivity index (χ2n) is 6.05. The van der Waals surface area contributed by atoms with Crippen molar-refractivity contribution in [2.75, 3.05) is 6.54 Å². The van der Waals surface area contributed by atoms with E-state index >= 15 is 0 Å². The van der Waals surface area contributed by atoms with Crippen molar-refractivity contribution in [2.45, 2.75) is 45.6 Å². The second-order valence-corrected chi connectivity index (χ2v) is 6.05. The molecule has 0 aliphatic rings. The number of carbonyl (C=O) groups is 2. The Balaban J connectivity index is 1.75. The summed E-state index contributed by atoms with van der Waals surface area (Å²) in [5, 5.41) is 10.5. The predicted molar refractivity (Wildman–Crippen MR) is 95.0 cm³/mol. The third-order valence-electron chi connectivity index (χ3n) is 3.75. The van der Waals surface area contributed by atoms with Crippen molar-refractivity contribution in [2.24, 2.45) is 5.73 Å². The van der Waals surface area contributed by atoms with Crippen LogP contribution in [0.2, 0.25) is 0 Å². The summed E-state index contributed by atoms with van der Waals surface area (Å²) in [5.74, 6) is 0.333. The minimum absolute atomic E-state index is 0.264. The first-order chi connectivity index (χ1) is 12.5. The Morgan fingerprint density at radius 1 is 1.19 bits per heavy atom. The number of esters is 1. The summed E-state index contributed by atoms with van der Waals surface area (Å²) in [7, 11) is 0. The summed E-state index contributed by atoms with van der Waals surface area (Å²) in [4.78, 5) is 22.4. The fourth-order valence-corrected chi connectivity index (χ4v) is 2.30. The average molecular weight is 360 g/mol. The summed E-state index contributed by atoms with van der Waals surface area (Å²) >= 11 is 0. The molecule has 0 bridgehead atoms. The number of nitrogens with one attached hydrogen (secondary N) is 1. The molecule has 8 nitrogen and oxygen atoms in total. The molecule has 8 heteroatoms. The maximum absolute atomic E-state index is 11.9. The molecule has 26 heavy (non-hydrogen) atoms. The first kappa shape index (κ1) is 19.4. The van der Waals surface area contributed by atoms with E-state index in [-0.39, 0.29) is 11.9 Å². The van der Waals surface area contributed by atoms with Gasteiger partial charge in [-0.2, -0.15) is 0 Å². The SMILES string of the molecule is Cc1ccc(-c2nnc([C@H](C)OC(=O)CCCCCNC(N)=O)o2)cc1. The van der Waals surface area contributed by atoms with Crippen LogP contribution >= 0.6 is 0 Å². The van der Waals surface area contributed by atoms with E-state index in [1.54, 1.807) is 6.92 Å². The van der Waals surface area contributed by atoms with E-state index in [0.717, 1.165) is 24.0 Å². The quantitative estimate of drug-likeness (QED) is 0.524. The normalized spacial score (nSPS) is 11.8. The number of nitrogens with two attached hydrogens (primary N) is 1. The van der Waals surface area contributed by atoms with Gasteiger partial charge in [-0.3, -0.25) is 4.79 Å². The van der Waals surface area contributed by atoms with Gasteiger partial charge < -0.3 is 20.2 Å². The number of urea groups is 1.